The van der Waals surface area contributed by atoms with Crippen molar-refractivity contribution in [3.05, 3.63) is 47.0 Å². The number of esters is 2. The Morgan fingerprint density at radius 3 is 2.02 bits per heavy atom. The topological polar surface area (TPSA) is 182 Å². The van der Waals surface area contributed by atoms with Gasteiger partial charge in [-0.3, -0.25) is 18.6 Å². The maximum Gasteiger partial charge on any atom is 0.472 e. The van der Waals surface area contributed by atoms with Crippen LogP contribution in [0, 0.1) is 25.7 Å². The minimum absolute atomic E-state index is 0.0142. The van der Waals surface area contributed by atoms with Gasteiger partial charge < -0.3 is 38.6 Å². The van der Waals surface area contributed by atoms with E-state index >= 15 is 0 Å². The van der Waals surface area contributed by atoms with Gasteiger partial charge >= 0.3 is 19.8 Å². The highest BCUT2D eigenvalue weighted by atomic mass is 31.2. The van der Waals surface area contributed by atoms with Gasteiger partial charge in [0.15, 0.2) is 6.10 Å². The molecule has 0 radical (unpaired) electrons. The van der Waals surface area contributed by atoms with Crippen molar-refractivity contribution in [1.29, 1.82) is 0 Å². The fourth-order valence-electron chi connectivity index (χ4n) is 8.01. The summed E-state index contributed by atoms with van der Waals surface area (Å²) in [5, 5.41) is 31.4. The number of ether oxygens (including phenoxy) is 2. The van der Waals surface area contributed by atoms with E-state index in [0.717, 1.165) is 88.6 Å². The Morgan fingerprint density at radius 1 is 0.781 bits per heavy atom. The van der Waals surface area contributed by atoms with Gasteiger partial charge in [0.2, 0.25) is 0 Å². The summed E-state index contributed by atoms with van der Waals surface area (Å²) in [5.41, 5.74) is 2.63. The van der Waals surface area contributed by atoms with Crippen molar-refractivity contribution in [1.82, 2.24) is 0 Å². The van der Waals surface area contributed by atoms with Crippen LogP contribution in [0.25, 0.3) is 0 Å². The summed E-state index contributed by atoms with van der Waals surface area (Å²) in [6.07, 6.45) is 24.3. The van der Waals surface area contributed by atoms with E-state index in [1.165, 1.54) is 30.4 Å². The lowest BCUT2D eigenvalue weighted by molar-refractivity contribution is -0.870. The largest absolute Gasteiger partial charge is 0.472 e. The van der Waals surface area contributed by atoms with Crippen molar-refractivity contribution in [2.45, 2.75) is 200 Å². The van der Waals surface area contributed by atoms with Crippen LogP contribution in [0.4, 0.5) is 0 Å². The smallest absolute Gasteiger partial charge is 0.466 e. The first-order chi connectivity index (χ1) is 30.5. The Morgan fingerprint density at radius 2 is 1.38 bits per heavy atom. The molecule has 1 unspecified atom stereocenters. The molecule has 4 N–H and O–H groups in total. The molecule has 0 aliphatic heterocycles. The van der Waals surface area contributed by atoms with E-state index in [0.29, 0.717) is 49.6 Å². The number of allylic oxidation sites excluding steroid dienone is 2. The van der Waals surface area contributed by atoms with Gasteiger partial charge in [0.25, 0.3) is 0 Å². The first-order valence-electron chi connectivity index (χ1n) is 24.7. The number of carbonyl (C=O) groups excluding carboxylic acids is 2. The van der Waals surface area contributed by atoms with Crippen molar-refractivity contribution in [3.63, 3.8) is 0 Å². The van der Waals surface area contributed by atoms with Gasteiger partial charge in [0.05, 0.1) is 46.1 Å². The number of aryl methyl sites for hydroxylation is 2. The standard InChI is InChI=1S/C50H88NO12P/c1-8-10-20-26-41(52)32-33-44-43(45(53)36-46(44)54)27-22-18-19-24-30-49(55)59-37-42(38-61-64(57,58)60-35-34-51(5,6)7)62-50(56)31-25-17-15-13-12-14-16-23-29-48-40(4)39(3)47(63-48)28-21-11-9-2/h18,22,32-33,41-46,52-54H,8-17,19-21,23-31,34-38H2,1-7H3/p+1/b22-18+,33-32+/t41-,42+,43+,44+,45-,46+/m0/s1. The first-order valence-corrected chi connectivity index (χ1v) is 26.2. The molecule has 7 atom stereocenters. The molecule has 1 aromatic rings. The first kappa shape index (κ1) is 57.8. The van der Waals surface area contributed by atoms with Crippen LogP contribution in [-0.4, -0.2) is 109 Å². The molecular weight excluding hydrogens is 838 g/mol. The number of carbonyl (C=O) groups is 2. The van der Waals surface area contributed by atoms with Crippen molar-refractivity contribution in [2.75, 3.05) is 47.5 Å². The van der Waals surface area contributed by atoms with Crippen molar-refractivity contribution in [2.24, 2.45) is 11.8 Å². The predicted molar refractivity (Wildman–Crippen MR) is 253 cm³/mol. The van der Waals surface area contributed by atoms with E-state index in [4.69, 9.17) is 22.9 Å². The second-order valence-corrected chi connectivity index (χ2v) is 20.5. The second-order valence-electron chi connectivity index (χ2n) is 19.0. The number of aliphatic hydroxyl groups excluding tert-OH is 3. The van der Waals surface area contributed by atoms with Gasteiger partial charge in [-0.25, -0.2) is 4.57 Å². The zero-order valence-corrected chi connectivity index (χ0v) is 41.7. The molecule has 0 amide bonds. The van der Waals surface area contributed by atoms with Gasteiger partial charge in [-0.2, -0.15) is 0 Å². The van der Waals surface area contributed by atoms with Gasteiger partial charge in [-0.15, -0.1) is 0 Å². The van der Waals surface area contributed by atoms with Crippen LogP contribution in [0.2, 0.25) is 0 Å². The lowest BCUT2D eigenvalue weighted by atomic mass is 9.89. The molecule has 13 nitrogen and oxygen atoms in total. The number of phosphoric acid groups is 1. The minimum Gasteiger partial charge on any atom is -0.466 e. The number of furan rings is 1. The van der Waals surface area contributed by atoms with E-state index in [9.17, 15) is 34.4 Å². The monoisotopic (exact) mass is 927 g/mol. The number of hydrogen-bond donors (Lipinski definition) is 4. The molecule has 1 aliphatic rings. The molecule has 0 bridgehead atoms. The Hall–Kier alpha value is -2.35. The molecule has 64 heavy (non-hydrogen) atoms. The van der Waals surface area contributed by atoms with Crippen LogP contribution in [0.3, 0.4) is 0 Å². The van der Waals surface area contributed by atoms with Gasteiger partial charge in [-0.1, -0.05) is 109 Å². The normalized spacial score (nSPS) is 20.0. The molecular formula is C50H89NO12P+. The second kappa shape index (κ2) is 32.4. The molecule has 1 saturated carbocycles. The summed E-state index contributed by atoms with van der Waals surface area (Å²) in [5.74, 6) is 0.889. The van der Waals surface area contributed by atoms with Gasteiger partial charge in [0.1, 0.15) is 31.3 Å². The van der Waals surface area contributed by atoms with Gasteiger partial charge in [-0.05, 0) is 75.8 Å². The lowest BCUT2D eigenvalue weighted by Crippen LogP contribution is -2.37. The maximum absolute atomic E-state index is 12.8. The molecule has 1 aromatic heterocycles. The number of hydrogen-bond acceptors (Lipinski definition) is 11. The fourth-order valence-corrected chi connectivity index (χ4v) is 8.75. The summed E-state index contributed by atoms with van der Waals surface area (Å²) in [4.78, 5) is 35.8. The van der Waals surface area contributed by atoms with E-state index in [1.807, 2.05) is 39.4 Å². The third kappa shape index (κ3) is 25.5. The summed E-state index contributed by atoms with van der Waals surface area (Å²) in [7, 11) is 1.32. The Kier molecular flexibility index (Phi) is 29.2. The number of unbranched alkanes of at least 4 members (excludes halogenated alkanes) is 12. The molecule has 370 valence electrons. The number of phosphoric ester groups is 1. The number of nitrogens with zero attached hydrogens (tertiary/aromatic N) is 1. The van der Waals surface area contributed by atoms with Crippen LogP contribution in [0.5, 0.6) is 0 Å². The average Bonchev–Trinajstić information content (AvgIpc) is 3.66. The van der Waals surface area contributed by atoms with Crippen LogP contribution in [-0.2, 0) is 45.5 Å². The Bertz CT molecular complexity index is 1540. The van der Waals surface area contributed by atoms with Crippen LogP contribution in [0.1, 0.15) is 171 Å². The van der Waals surface area contributed by atoms with Crippen LogP contribution >= 0.6 is 7.82 Å². The predicted octanol–water partition coefficient (Wildman–Crippen LogP) is 9.95. The number of rotatable bonds is 37. The van der Waals surface area contributed by atoms with Crippen LogP contribution in [0.15, 0.2) is 28.7 Å². The summed E-state index contributed by atoms with van der Waals surface area (Å²) in [6, 6.07) is 0. The zero-order valence-electron chi connectivity index (χ0n) is 40.8. The molecule has 2 rings (SSSR count). The third-order valence-electron chi connectivity index (χ3n) is 12.3. The maximum atomic E-state index is 12.8. The van der Waals surface area contributed by atoms with E-state index in [2.05, 4.69) is 27.7 Å². The quantitative estimate of drug-likeness (QED) is 0.0163. The molecule has 14 heteroatoms. The average molecular weight is 927 g/mol. The van der Waals surface area contributed by atoms with Crippen LogP contribution < -0.4 is 0 Å². The number of likely N-dealkylation sites (N-methyl/N-ethyl adjacent to an activating group) is 1. The molecule has 1 heterocycles. The fraction of sp³-hybridized carbons (Fsp3) is 0.800. The van der Waals surface area contributed by atoms with Crippen molar-refractivity contribution < 1.29 is 61.8 Å². The highest BCUT2D eigenvalue weighted by Gasteiger charge is 2.39. The number of quaternary nitrogens is 1. The van der Waals surface area contributed by atoms with Crippen molar-refractivity contribution in [3.8, 4) is 0 Å². The van der Waals surface area contributed by atoms with Gasteiger partial charge in [0, 0.05) is 38.0 Å². The zero-order chi connectivity index (χ0) is 47.4. The molecule has 1 fully saturated rings. The van der Waals surface area contributed by atoms with Crippen molar-refractivity contribution >= 4 is 19.8 Å². The lowest BCUT2D eigenvalue weighted by Gasteiger charge is -2.24. The SMILES string of the molecule is CCCCCc1oc(CCCCCCCCCCC(=O)O[C@H](COC(=O)CCC/C=C/C[C@@H]2[C@@H](/C=C/[C@@H](O)CCCCC)[C@H](O)C[C@@H]2O)COP(=O)(O)OCC[N+](C)(C)C)c(C)c1C. The molecule has 0 saturated heterocycles. The minimum atomic E-state index is -4.45. The van der Waals surface area contributed by atoms with E-state index in [-0.39, 0.29) is 37.9 Å². The molecule has 0 spiro atoms. The van der Waals surface area contributed by atoms with E-state index in [1.54, 1.807) is 6.08 Å². The van der Waals surface area contributed by atoms with E-state index < -0.39 is 50.8 Å². The number of aliphatic hydroxyl groups is 3. The Balaban J connectivity index is 1.74. The summed E-state index contributed by atoms with van der Waals surface area (Å²) < 4.78 is 40.6. The summed E-state index contributed by atoms with van der Waals surface area (Å²) in [6.45, 7) is 8.34. The molecule has 0 aromatic carbocycles. The summed E-state index contributed by atoms with van der Waals surface area (Å²) >= 11 is 0. The highest BCUT2D eigenvalue weighted by molar-refractivity contribution is 7.47. The highest BCUT2D eigenvalue weighted by Crippen LogP contribution is 2.43. The third-order valence-corrected chi connectivity index (χ3v) is 13.2. The molecule has 1 aliphatic carbocycles. The Labute approximate surface area is 386 Å².